The van der Waals surface area contributed by atoms with Crippen LogP contribution in [0.3, 0.4) is 0 Å². The summed E-state index contributed by atoms with van der Waals surface area (Å²) in [5.74, 6) is -0.613. The molecule has 1 heterocycles. The molecule has 0 bridgehead atoms. The number of nitrogens with zero attached hydrogens (tertiary/aromatic N) is 2. The van der Waals surface area contributed by atoms with Crippen LogP contribution < -0.4 is 5.43 Å². The predicted molar refractivity (Wildman–Crippen MR) is 109 cm³/mol. The molecule has 7 heteroatoms. The van der Waals surface area contributed by atoms with Crippen LogP contribution in [0.4, 0.5) is 4.39 Å². The smallest absolute Gasteiger partial charge is 0.250 e. The van der Waals surface area contributed by atoms with Crippen molar-refractivity contribution < 1.29 is 9.18 Å². The molecule has 0 saturated carbocycles. The first-order valence-electron chi connectivity index (χ1n) is 8.21. The Balaban J connectivity index is 1.67. The summed E-state index contributed by atoms with van der Waals surface area (Å²) in [6.45, 7) is 3.94. The van der Waals surface area contributed by atoms with Gasteiger partial charge < -0.3 is 0 Å². The molecule has 3 aromatic rings. The van der Waals surface area contributed by atoms with Gasteiger partial charge in [0.05, 0.1) is 22.5 Å². The van der Waals surface area contributed by atoms with Crippen LogP contribution in [0.1, 0.15) is 16.8 Å². The molecule has 1 aromatic heterocycles. The highest BCUT2D eigenvalue weighted by Gasteiger charge is 2.09. The lowest BCUT2D eigenvalue weighted by atomic mass is 10.1. The molecule has 0 radical (unpaired) electrons. The first-order chi connectivity index (χ1) is 13.0. The molecule has 0 unspecified atom stereocenters. The fraction of sp³-hybridized carbons (Fsp3) is 0.150. The number of carbonyl (C=O) groups is 1. The van der Waals surface area contributed by atoms with E-state index in [9.17, 15) is 9.18 Å². The molecule has 27 heavy (non-hydrogen) atoms. The summed E-state index contributed by atoms with van der Waals surface area (Å²) in [4.78, 5) is 17.6. The molecule has 138 valence electrons. The largest absolute Gasteiger partial charge is 0.272 e. The summed E-state index contributed by atoms with van der Waals surface area (Å²) in [5, 5.41) is 5.04. The van der Waals surface area contributed by atoms with E-state index >= 15 is 0 Å². The maximum atomic E-state index is 13.7. The Hall–Kier alpha value is -2.44. The second kappa shape index (κ2) is 8.50. The molecular formula is C20H17ClFN3OS. The van der Waals surface area contributed by atoms with Crippen molar-refractivity contribution in [2.45, 2.75) is 18.7 Å². The molecule has 0 fully saturated rings. The van der Waals surface area contributed by atoms with Crippen LogP contribution in [0.25, 0.3) is 10.9 Å². The number of para-hydroxylation sites is 1. The number of hydrogen-bond donors (Lipinski definition) is 1. The second-order valence-electron chi connectivity index (χ2n) is 5.95. The third kappa shape index (κ3) is 4.64. The van der Waals surface area contributed by atoms with E-state index in [0.717, 1.165) is 27.1 Å². The first kappa shape index (κ1) is 19.3. The number of halogens is 2. The third-order valence-corrected chi connectivity index (χ3v) is 5.26. The van der Waals surface area contributed by atoms with E-state index in [1.165, 1.54) is 30.1 Å². The Kier molecular flexibility index (Phi) is 6.08. The highest BCUT2D eigenvalue weighted by atomic mass is 35.5. The van der Waals surface area contributed by atoms with Gasteiger partial charge in [-0.05, 0) is 37.6 Å². The zero-order chi connectivity index (χ0) is 19.4. The van der Waals surface area contributed by atoms with Crippen molar-refractivity contribution in [3.8, 4) is 0 Å². The first-order valence-corrected chi connectivity index (χ1v) is 9.58. The fourth-order valence-electron chi connectivity index (χ4n) is 2.58. The molecule has 4 nitrogen and oxygen atoms in total. The number of hydrogen-bond acceptors (Lipinski definition) is 4. The van der Waals surface area contributed by atoms with Gasteiger partial charge in [-0.3, -0.25) is 9.78 Å². The van der Waals surface area contributed by atoms with Crippen LogP contribution >= 0.6 is 23.4 Å². The molecule has 0 aliphatic carbocycles. The molecule has 3 rings (SSSR count). The maximum absolute atomic E-state index is 13.7. The number of nitrogens with one attached hydrogen (secondary N) is 1. The number of hydrazone groups is 1. The van der Waals surface area contributed by atoms with Crippen LogP contribution in [-0.2, 0) is 4.79 Å². The van der Waals surface area contributed by atoms with Gasteiger partial charge in [-0.1, -0.05) is 35.9 Å². The molecule has 1 amide bonds. The SMILES string of the molecule is Cc1cc(SCC(=O)N/N=C\c2c(F)cccc2Cl)c2cccc(C)c2n1. The number of amides is 1. The van der Waals surface area contributed by atoms with Crippen molar-refractivity contribution in [2.24, 2.45) is 5.10 Å². The molecule has 2 aromatic carbocycles. The lowest BCUT2D eigenvalue weighted by Gasteiger charge is -2.09. The van der Waals surface area contributed by atoms with E-state index in [-0.39, 0.29) is 22.2 Å². The molecule has 0 aliphatic heterocycles. The van der Waals surface area contributed by atoms with Crippen molar-refractivity contribution in [3.63, 3.8) is 0 Å². The Bertz CT molecular complexity index is 1020. The van der Waals surface area contributed by atoms with E-state index in [4.69, 9.17) is 11.6 Å². The van der Waals surface area contributed by atoms with Gasteiger partial charge in [0.25, 0.3) is 0 Å². The Morgan fingerprint density at radius 3 is 2.85 bits per heavy atom. The van der Waals surface area contributed by atoms with Crippen molar-refractivity contribution in [1.82, 2.24) is 10.4 Å². The standard InChI is InChI=1S/C20H17ClFN3OS/c1-12-5-3-6-14-18(9-13(2)24-20(12)14)27-11-19(26)25-23-10-15-16(21)7-4-8-17(15)22/h3-10H,11H2,1-2H3,(H,25,26)/b23-10-. The minimum Gasteiger partial charge on any atom is -0.272 e. The average molecular weight is 402 g/mol. The number of pyridine rings is 1. The van der Waals surface area contributed by atoms with Gasteiger partial charge in [0.2, 0.25) is 5.91 Å². The van der Waals surface area contributed by atoms with Crippen molar-refractivity contribution in [2.75, 3.05) is 5.75 Å². The van der Waals surface area contributed by atoms with E-state index in [0.29, 0.717) is 0 Å². The van der Waals surface area contributed by atoms with E-state index in [1.807, 2.05) is 38.1 Å². The van der Waals surface area contributed by atoms with Gasteiger partial charge in [-0.15, -0.1) is 11.8 Å². The summed E-state index contributed by atoms with van der Waals surface area (Å²) < 4.78 is 13.7. The summed E-state index contributed by atoms with van der Waals surface area (Å²) in [6.07, 6.45) is 1.20. The molecule has 0 aliphatic rings. The Morgan fingerprint density at radius 2 is 2.07 bits per heavy atom. The van der Waals surface area contributed by atoms with Crippen molar-refractivity contribution in [1.29, 1.82) is 0 Å². The van der Waals surface area contributed by atoms with Crippen LogP contribution in [0.5, 0.6) is 0 Å². The summed E-state index contributed by atoms with van der Waals surface area (Å²) in [5.41, 5.74) is 5.46. The molecule has 0 spiro atoms. The topological polar surface area (TPSA) is 54.4 Å². The zero-order valence-corrected chi connectivity index (χ0v) is 16.4. The highest BCUT2D eigenvalue weighted by molar-refractivity contribution is 8.00. The summed E-state index contributed by atoms with van der Waals surface area (Å²) in [7, 11) is 0. The minimum atomic E-state index is -0.496. The Morgan fingerprint density at radius 1 is 1.30 bits per heavy atom. The minimum absolute atomic E-state index is 0.137. The molecule has 1 N–H and O–H groups in total. The van der Waals surface area contributed by atoms with Gasteiger partial charge in [-0.2, -0.15) is 5.10 Å². The van der Waals surface area contributed by atoms with Crippen LogP contribution in [0, 0.1) is 19.7 Å². The summed E-state index contributed by atoms with van der Waals surface area (Å²) >= 11 is 7.32. The maximum Gasteiger partial charge on any atom is 0.250 e. The van der Waals surface area contributed by atoms with Gasteiger partial charge >= 0.3 is 0 Å². The number of carbonyl (C=O) groups excluding carboxylic acids is 1. The zero-order valence-electron chi connectivity index (χ0n) is 14.8. The van der Waals surface area contributed by atoms with E-state index in [1.54, 1.807) is 6.07 Å². The lowest BCUT2D eigenvalue weighted by molar-refractivity contribution is -0.118. The van der Waals surface area contributed by atoms with Gasteiger partial charge in [0.1, 0.15) is 5.82 Å². The van der Waals surface area contributed by atoms with Crippen LogP contribution in [0.15, 0.2) is 52.5 Å². The summed E-state index contributed by atoms with van der Waals surface area (Å²) in [6, 6.07) is 12.3. The number of aryl methyl sites for hydroxylation is 2. The van der Waals surface area contributed by atoms with Crippen LogP contribution in [-0.4, -0.2) is 22.9 Å². The molecule has 0 saturated heterocycles. The molecule has 0 atom stereocenters. The van der Waals surface area contributed by atoms with Gasteiger partial charge in [0.15, 0.2) is 0 Å². The lowest BCUT2D eigenvalue weighted by Crippen LogP contribution is -2.19. The van der Waals surface area contributed by atoms with Crippen molar-refractivity contribution in [3.05, 3.63) is 70.1 Å². The average Bonchev–Trinajstić information content (AvgIpc) is 2.63. The Labute approximate surface area is 165 Å². The predicted octanol–water partition coefficient (Wildman–Crippen LogP) is 4.89. The monoisotopic (exact) mass is 401 g/mol. The molecular weight excluding hydrogens is 385 g/mol. The van der Waals surface area contributed by atoms with Gasteiger partial charge in [0, 0.05) is 21.5 Å². The van der Waals surface area contributed by atoms with Gasteiger partial charge in [-0.25, -0.2) is 9.82 Å². The number of thioether (sulfide) groups is 1. The number of aromatic nitrogens is 1. The quantitative estimate of drug-likeness (QED) is 0.376. The fourth-order valence-corrected chi connectivity index (χ4v) is 3.72. The van der Waals surface area contributed by atoms with Crippen molar-refractivity contribution >= 4 is 46.4 Å². The van der Waals surface area contributed by atoms with Crippen LogP contribution in [0.2, 0.25) is 5.02 Å². The van der Waals surface area contributed by atoms with E-state index in [2.05, 4.69) is 15.5 Å². The number of benzene rings is 2. The second-order valence-corrected chi connectivity index (χ2v) is 7.37. The number of rotatable bonds is 5. The number of fused-ring (bicyclic) bond motifs is 1. The third-order valence-electron chi connectivity index (χ3n) is 3.87. The normalized spacial score (nSPS) is 11.3. The van der Waals surface area contributed by atoms with E-state index < -0.39 is 5.82 Å². The highest BCUT2D eigenvalue weighted by Crippen LogP contribution is 2.29.